The zero-order valence-electron chi connectivity index (χ0n) is 17.9. The average Bonchev–Trinajstić information content (AvgIpc) is 3.12. The van der Waals surface area contributed by atoms with Gasteiger partial charge in [0.25, 0.3) is 5.91 Å². The first-order valence-corrected chi connectivity index (χ1v) is 9.22. The molecule has 0 spiro atoms. The molecule has 0 aliphatic heterocycles. The standard InChI is InChI=1S/C19H32N6O2/c1-12(2)14-10-13(22-25(14)18(3,4)5)16(26)21-19(6,7)17-20-15(27-23-17)11-24(8)9/h10,12H,11H2,1-9H3,(H,21,26). The molecule has 8 nitrogen and oxygen atoms in total. The minimum absolute atomic E-state index is 0.206. The fourth-order valence-electron chi connectivity index (χ4n) is 2.70. The Balaban J connectivity index is 2.24. The van der Waals surface area contributed by atoms with Crippen LogP contribution < -0.4 is 5.32 Å². The molecule has 8 heteroatoms. The Morgan fingerprint density at radius 2 is 1.89 bits per heavy atom. The van der Waals surface area contributed by atoms with Crippen LogP contribution in [0.3, 0.4) is 0 Å². The van der Waals surface area contributed by atoms with Crippen LogP contribution in [0.4, 0.5) is 0 Å². The summed E-state index contributed by atoms with van der Waals surface area (Å²) in [6.07, 6.45) is 0. The summed E-state index contributed by atoms with van der Waals surface area (Å²) in [5.41, 5.74) is 0.425. The van der Waals surface area contributed by atoms with Gasteiger partial charge in [0, 0.05) is 5.69 Å². The largest absolute Gasteiger partial charge is 0.338 e. The molecule has 0 saturated heterocycles. The fraction of sp³-hybridized carbons (Fsp3) is 0.684. The zero-order valence-corrected chi connectivity index (χ0v) is 17.9. The maximum Gasteiger partial charge on any atom is 0.272 e. The first-order valence-electron chi connectivity index (χ1n) is 9.22. The van der Waals surface area contributed by atoms with Crippen molar-refractivity contribution in [3.8, 4) is 0 Å². The van der Waals surface area contributed by atoms with Gasteiger partial charge in [-0.15, -0.1) is 0 Å². The van der Waals surface area contributed by atoms with E-state index in [1.165, 1.54) is 0 Å². The number of amides is 1. The quantitative estimate of drug-likeness (QED) is 0.834. The van der Waals surface area contributed by atoms with Crippen molar-refractivity contribution in [2.75, 3.05) is 14.1 Å². The molecule has 27 heavy (non-hydrogen) atoms. The number of nitrogens with one attached hydrogen (secondary N) is 1. The van der Waals surface area contributed by atoms with E-state index in [4.69, 9.17) is 4.52 Å². The summed E-state index contributed by atoms with van der Waals surface area (Å²) in [7, 11) is 3.85. The number of rotatable bonds is 6. The minimum atomic E-state index is -0.783. The third-order valence-corrected chi connectivity index (χ3v) is 4.10. The zero-order chi connectivity index (χ0) is 20.6. The molecule has 2 rings (SSSR count). The lowest BCUT2D eigenvalue weighted by molar-refractivity contribution is 0.0900. The van der Waals surface area contributed by atoms with Crippen molar-refractivity contribution in [2.45, 2.75) is 72.0 Å². The van der Waals surface area contributed by atoms with Crippen molar-refractivity contribution in [1.82, 2.24) is 30.1 Å². The van der Waals surface area contributed by atoms with Crippen molar-refractivity contribution >= 4 is 5.91 Å². The third kappa shape index (κ3) is 4.94. The lowest BCUT2D eigenvalue weighted by Crippen LogP contribution is -2.42. The van der Waals surface area contributed by atoms with E-state index in [1.54, 1.807) is 0 Å². The molecule has 2 aromatic rings. The van der Waals surface area contributed by atoms with Gasteiger partial charge in [-0.25, -0.2) is 0 Å². The van der Waals surface area contributed by atoms with E-state index in [-0.39, 0.29) is 17.4 Å². The second-order valence-electron chi connectivity index (χ2n) is 9.02. The third-order valence-electron chi connectivity index (χ3n) is 4.10. The van der Waals surface area contributed by atoms with Crippen molar-refractivity contribution in [3.63, 3.8) is 0 Å². The Bertz CT molecular complexity index is 795. The normalized spacial score (nSPS) is 12.9. The number of hydrogen-bond donors (Lipinski definition) is 1. The lowest BCUT2D eigenvalue weighted by Gasteiger charge is -2.24. The fourth-order valence-corrected chi connectivity index (χ4v) is 2.70. The van der Waals surface area contributed by atoms with Crippen LogP contribution >= 0.6 is 0 Å². The number of hydrogen-bond acceptors (Lipinski definition) is 6. The van der Waals surface area contributed by atoms with E-state index in [9.17, 15) is 4.79 Å². The van der Waals surface area contributed by atoms with E-state index >= 15 is 0 Å². The molecule has 0 aliphatic rings. The van der Waals surface area contributed by atoms with Crippen molar-refractivity contribution < 1.29 is 9.32 Å². The van der Waals surface area contributed by atoms with Crippen molar-refractivity contribution in [1.29, 1.82) is 0 Å². The molecule has 0 unspecified atom stereocenters. The van der Waals surface area contributed by atoms with Crippen LogP contribution in [0.2, 0.25) is 0 Å². The molecule has 0 fully saturated rings. The van der Waals surface area contributed by atoms with E-state index in [1.807, 2.05) is 43.6 Å². The predicted molar refractivity (Wildman–Crippen MR) is 103 cm³/mol. The highest BCUT2D eigenvalue weighted by Gasteiger charge is 2.31. The van der Waals surface area contributed by atoms with Gasteiger partial charge in [-0.2, -0.15) is 10.1 Å². The van der Waals surface area contributed by atoms with Gasteiger partial charge in [0.1, 0.15) is 0 Å². The van der Waals surface area contributed by atoms with Crippen LogP contribution in [0.25, 0.3) is 0 Å². The first kappa shape index (κ1) is 21.1. The molecule has 150 valence electrons. The highest BCUT2D eigenvalue weighted by Crippen LogP contribution is 2.24. The van der Waals surface area contributed by atoms with Crippen LogP contribution in [0.5, 0.6) is 0 Å². The number of carbonyl (C=O) groups excluding carboxylic acids is 1. The molecule has 0 bridgehead atoms. The molecule has 0 atom stereocenters. The first-order chi connectivity index (χ1) is 12.3. The Morgan fingerprint density at radius 3 is 2.37 bits per heavy atom. The van der Waals surface area contributed by atoms with E-state index in [0.717, 1.165) is 5.69 Å². The van der Waals surface area contributed by atoms with E-state index < -0.39 is 5.54 Å². The lowest BCUT2D eigenvalue weighted by atomic mass is 10.0. The van der Waals surface area contributed by atoms with Gasteiger partial charge in [-0.3, -0.25) is 9.48 Å². The van der Waals surface area contributed by atoms with Crippen LogP contribution in [0.15, 0.2) is 10.6 Å². The van der Waals surface area contributed by atoms with Gasteiger partial charge in [-0.05, 0) is 60.7 Å². The maximum absolute atomic E-state index is 12.9. The monoisotopic (exact) mass is 376 g/mol. The second kappa shape index (κ2) is 7.42. The van der Waals surface area contributed by atoms with Gasteiger partial charge in [0.2, 0.25) is 5.89 Å². The number of aromatic nitrogens is 4. The van der Waals surface area contributed by atoms with Gasteiger partial charge in [0.05, 0.1) is 17.6 Å². The summed E-state index contributed by atoms with van der Waals surface area (Å²) >= 11 is 0. The Kier molecular flexibility index (Phi) is 5.79. The number of carbonyl (C=O) groups is 1. The van der Waals surface area contributed by atoms with Crippen molar-refractivity contribution in [3.05, 3.63) is 29.2 Å². The summed E-state index contributed by atoms with van der Waals surface area (Å²) in [4.78, 5) is 19.2. The van der Waals surface area contributed by atoms with Crippen LogP contribution in [0, 0.1) is 0 Å². The van der Waals surface area contributed by atoms with Gasteiger partial charge in [0.15, 0.2) is 11.5 Å². The smallest absolute Gasteiger partial charge is 0.272 e. The summed E-state index contributed by atoms with van der Waals surface area (Å²) in [6, 6.07) is 1.86. The van der Waals surface area contributed by atoms with Gasteiger partial charge >= 0.3 is 0 Å². The summed E-state index contributed by atoms with van der Waals surface area (Å²) < 4.78 is 7.19. The highest BCUT2D eigenvalue weighted by atomic mass is 16.5. The second-order valence-corrected chi connectivity index (χ2v) is 9.02. The van der Waals surface area contributed by atoms with Crippen LogP contribution in [-0.2, 0) is 17.6 Å². The molecular formula is C19H32N6O2. The average molecular weight is 377 g/mol. The minimum Gasteiger partial charge on any atom is -0.338 e. The maximum atomic E-state index is 12.9. The van der Waals surface area contributed by atoms with Gasteiger partial charge < -0.3 is 14.7 Å². The molecule has 0 radical (unpaired) electrons. The Morgan fingerprint density at radius 1 is 1.26 bits per heavy atom. The molecule has 0 aromatic carbocycles. The summed E-state index contributed by atoms with van der Waals surface area (Å²) in [5, 5.41) is 11.6. The summed E-state index contributed by atoms with van der Waals surface area (Å²) in [6.45, 7) is 14.6. The van der Waals surface area contributed by atoms with Crippen LogP contribution in [0.1, 0.15) is 82.3 Å². The molecule has 0 aliphatic carbocycles. The topological polar surface area (TPSA) is 89.1 Å². The summed E-state index contributed by atoms with van der Waals surface area (Å²) in [5.74, 6) is 0.949. The Labute approximate surface area is 161 Å². The molecule has 1 amide bonds. The number of nitrogens with zero attached hydrogens (tertiary/aromatic N) is 5. The molecule has 0 saturated carbocycles. The predicted octanol–water partition coefficient (Wildman–Crippen LogP) is 2.87. The van der Waals surface area contributed by atoms with Crippen molar-refractivity contribution in [2.24, 2.45) is 0 Å². The highest BCUT2D eigenvalue weighted by molar-refractivity contribution is 5.92. The van der Waals surface area contributed by atoms with E-state index in [2.05, 4.69) is 55.2 Å². The SMILES string of the molecule is CC(C)c1cc(C(=O)NC(C)(C)c2noc(CN(C)C)n2)nn1C(C)(C)C. The molecular weight excluding hydrogens is 344 g/mol. The molecule has 2 aromatic heterocycles. The van der Waals surface area contributed by atoms with Gasteiger partial charge in [-0.1, -0.05) is 19.0 Å². The Hall–Kier alpha value is -2.22. The van der Waals surface area contributed by atoms with E-state index in [0.29, 0.717) is 24.0 Å². The molecule has 2 heterocycles. The molecule has 1 N–H and O–H groups in total. The van der Waals surface area contributed by atoms with Crippen LogP contribution in [-0.4, -0.2) is 44.8 Å².